The minimum Gasteiger partial charge on any atom is -0.377 e. The summed E-state index contributed by atoms with van der Waals surface area (Å²) in [4.78, 5) is 18.2. The first-order valence-corrected chi connectivity index (χ1v) is 8.07. The van der Waals surface area contributed by atoms with E-state index >= 15 is 0 Å². The lowest BCUT2D eigenvalue weighted by Crippen LogP contribution is -2.70. The molecule has 0 saturated carbocycles. The maximum atomic E-state index is 12.5. The van der Waals surface area contributed by atoms with Gasteiger partial charge in [0.2, 0.25) is 0 Å². The Morgan fingerprint density at radius 3 is 2.74 bits per heavy atom. The molecule has 23 heavy (non-hydrogen) atoms. The van der Waals surface area contributed by atoms with E-state index in [1.165, 1.54) is 0 Å². The van der Waals surface area contributed by atoms with Gasteiger partial charge in [-0.2, -0.15) is 0 Å². The highest BCUT2D eigenvalue weighted by molar-refractivity contribution is 5.58. The smallest absolute Gasteiger partial charge is 0.186 e. The summed E-state index contributed by atoms with van der Waals surface area (Å²) in [6.45, 7) is 5.02. The van der Waals surface area contributed by atoms with Crippen LogP contribution in [0, 0.1) is 0 Å². The van der Waals surface area contributed by atoms with Crippen molar-refractivity contribution in [2.45, 2.75) is 12.1 Å². The Morgan fingerprint density at radius 2 is 2.04 bits per heavy atom. The summed E-state index contributed by atoms with van der Waals surface area (Å²) in [7, 11) is 0. The second kappa shape index (κ2) is 5.92. The van der Waals surface area contributed by atoms with Crippen LogP contribution in [0.5, 0.6) is 0 Å². The Labute approximate surface area is 135 Å². The van der Waals surface area contributed by atoms with Gasteiger partial charge in [-0.15, -0.1) is 0 Å². The molecule has 0 unspecified atom stereocenters. The van der Waals surface area contributed by atoms with Crippen LogP contribution in [0.3, 0.4) is 0 Å². The van der Waals surface area contributed by atoms with Crippen LogP contribution in [0.15, 0.2) is 47.4 Å². The first kappa shape index (κ1) is 14.6. The molecule has 1 aromatic carbocycles. The molecule has 3 heterocycles. The topological polar surface area (TPSA) is 57.4 Å². The fraction of sp³-hybridized carbons (Fsp3) is 0.389. The van der Waals surface area contributed by atoms with Crippen molar-refractivity contribution in [1.82, 2.24) is 15.2 Å². The number of hydrogen-bond donors (Lipinski definition) is 2. The predicted octanol–water partition coefficient (Wildman–Crippen LogP) is 1.22. The first-order chi connectivity index (χ1) is 11.3. The number of piperazine rings is 1. The Balaban J connectivity index is 1.57. The minimum atomic E-state index is 0.0722. The van der Waals surface area contributed by atoms with Crippen molar-refractivity contribution in [2.24, 2.45) is 0 Å². The minimum absolute atomic E-state index is 0.0722. The van der Waals surface area contributed by atoms with Crippen molar-refractivity contribution in [2.75, 3.05) is 32.8 Å². The SMILES string of the molecule is O=c1cc(-c2ccccc2)[nH]cc1CN1CCNCC12COC2. The van der Waals surface area contributed by atoms with Crippen LogP contribution in [-0.4, -0.2) is 48.3 Å². The predicted molar refractivity (Wildman–Crippen MR) is 89.3 cm³/mol. The second-order valence-corrected chi connectivity index (χ2v) is 6.42. The fourth-order valence-electron chi connectivity index (χ4n) is 3.37. The number of nitrogens with zero attached hydrogens (tertiary/aromatic N) is 1. The summed E-state index contributed by atoms with van der Waals surface area (Å²) in [5.74, 6) is 0. The van der Waals surface area contributed by atoms with E-state index in [9.17, 15) is 4.79 Å². The highest BCUT2D eigenvalue weighted by Crippen LogP contribution is 2.27. The van der Waals surface area contributed by atoms with Crippen molar-refractivity contribution in [3.05, 3.63) is 58.4 Å². The van der Waals surface area contributed by atoms with Crippen molar-refractivity contribution >= 4 is 0 Å². The van der Waals surface area contributed by atoms with Gasteiger partial charge in [-0.25, -0.2) is 0 Å². The summed E-state index contributed by atoms with van der Waals surface area (Å²) >= 11 is 0. The normalized spacial score (nSPS) is 20.3. The molecule has 5 heteroatoms. The fourth-order valence-corrected chi connectivity index (χ4v) is 3.37. The number of aromatic amines is 1. The second-order valence-electron chi connectivity index (χ2n) is 6.42. The lowest BCUT2D eigenvalue weighted by Gasteiger charge is -2.52. The first-order valence-electron chi connectivity index (χ1n) is 8.07. The van der Waals surface area contributed by atoms with E-state index < -0.39 is 0 Å². The Morgan fingerprint density at radius 1 is 1.22 bits per heavy atom. The summed E-state index contributed by atoms with van der Waals surface area (Å²) in [6.07, 6.45) is 1.86. The third-order valence-electron chi connectivity index (χ3n) is 4.86. The molecule has 2 saturated heterocycles. The number of benzene rings is 1. The van der Waals surface area contributed by atoms with Gasteiger partial charge in [0.25, 0.3) is 0 Å². The van der Waals surface area contributed by atoms with Crippen molar-refractivity contribution in [1.29, 1.82) is 0 Å². The van der Waals surface area contributed by atoms with E-state index in [0.717, 1.165) is 49.7 Å². The van der Waals surface area contributed by atoms with Crippen molar-refractivity contribution in [3.63, 3.8) is 0 Å². The van der Waals surface area contributed by atoms with Gasteiger partial charge in [0, 0.05) is 49.7 Å². The van der Waals surface area contributed by atoms with Gasteiger partial charge in [-0.05, 0) is 5.56 Å². The molecule has 0 aliphatic carbocycles. The van der Waals surface area contributed by atoms with Gasteiger partial charge in [0.05, 0.1) is 18.8 Å². The molecule has 120 valence electrons. The van der Waals surface area contributed by atoms with E-state index in [1.54, 1.807) is 6.07 Å². The number of nitrogens with one attached hydrogen (secondary N) is 2. The molecule has 0 radical (unpaired) electrons. The lowest BCUT2D eigenvalue weighted by atomic mass is 9.92. The van der Waals surface area contributed by atoms with Gasteiger partial charge in [0.1, 0.15) is 0 Å². The molecule has 2 N–H and O–H groups in total. The zero-order valence-electron chi connectivity index (χ0n) is 13.0. The molecule has 2 aromatic rings. The number of ether oxygens (including phenoxy) is 1. The molecule has 1 spiro atoms. The number of hydrogen-bond acceptors (Lipinski definition) is 4. The molecule has 1 aromatic heterocycles. The molecule has 2 aliphatic rings. The summed E-state index contributed by atoms with van der Waals surface area (Å²) in [6, 6.07) is 11.6. The maximum absolute atomic E-state index is 12.5. The van der Waals surface area contributed by atoms with Gasteiger partial charge in [0.15, 0.2) is 5.43 Å². The van der Waals surface area contributed by atoms with E-state index in [1.807, 2.05) is 36.5 Å². The molecule has 4 rings (SSSR count). The molecule has 0 amide bonds. The number of H-pyrrole nitrogens is 1. The summed E-state index contributed by atoms with van der Waals surface area (Å²) < 4.78 is 5.42. The van der Waals surface area contributed by atoms with Gasteiger partial charge < -0.3 is 15.0 Å². The lowest BCUT2D eigenvalue weighted by molar-refractivity contribution is -0.151. The zero-order chi connectivity index (χ0) is 15.7. The molecule has 2 aliphatic heterocycles. The Bertz CT molecular complexity index is 737. The molecular formula is C18H21N3O2. The third kappa shape index (κ3) is 2.72. The molecule has 0 bridgehead atoms. The average Bonchev–Trinajstić information content (AvgIpc) is 2.56. The van der Waals surface area contributed by atoms with Crippen LogP contribution in [0.25, 0.3) is 11.3 Å². The zero-order valence-corrected chi connectivity index (χ0v) is 13.0. The van der Waals surface area contributed by atoms with Gasteiger partial charge in [-0.3, -0.25) is 9.69 Å². The van der Waals surface area contributed by atoms with E-state index in [4.69, 9.17) is 4.74 Å². The summed E-state index contributed by atoms with van der Waals surface area (Å²) in [5, 5.41) is 3.43. The Hall–Kier alpha value is -1.95. The third-order valence-corrected chi connectivity index (χ3v) is 4.86. The number of aromatic nitrogens is 1. The highest BCUT2D eigenvalue weighted by atomic mass is 16.5. The van der Waals surface area contributed by atoms with Crippen LogP contribution in [0.2, 0.25) is 0 Å². The number of pyridine rings is 1. The van der Waals surface area contributed by atoms with Crippen LogP contribution < -0.4 is 10.7 Å². The maximum Gasteiger partial charge on any atom is 0.186 e. The standard InChI is InChI=1S/C18H21N3O2/c22-17-8-16(14-4-2-1-3-5-14)20-9-15(17)10-21-7-6-19-11-18(21)12-23-13-18/h1-5,8-9,19H,6-7,10-13H2,(H,20,22). The van der Waals surface area contributed by atoms with Crippen LogP contribution >= 0.6 is 0 Å². The summed E-state index contributed by atoms with van der Waals surface area (Å²) in [5.41, 5.74) is 2.88. The average molecular weight is 311 g/mol. The van der Waals surface area contributed by atoms with Crippen LogP contribution in [0.1, 0.15) is 5.56 Å². The Kier molecular flexibility index (Phi) is 3.77. The van der Waals surface area contributed by atoms with E-state index in [-0.39, 0.29) is 11.0 Å². The van der Waals surface area contributed by atoms with Crippen LogP contribution in [0.4, 0.5) is 0 Å². The van der Waals surface area contributed by atoms with Gasteiger partial charge >= 0.3 is 0 Å². The molecular weight excluding hydrogens is 290 g/mol. The molecule has 0 atom stereocenters. The van der Waals surface area contributed by atoms with Crippen molar-refractivity contribution in [3.8, 4) is 11.3 Å². The van der Waals surface area contributed by atoms with Crippen LogP contribution in [-0.2, 0) is 11.3 Å². The van der Waals surface area contributed by atoms with E-state index in [0.29, 0.717) is 6.54 Å². The van der Waals surface area contributed by atoms with E-state index in [2.05, 4.69) is 15.2 Å². The highest BCUT2D eigenvalue weighted by Gasteiger charge is 2.45. The van der Waals surface area contributed by atoms with Gasteiger partial charge in [-0.1, -0.05) is 30.3 Å². The molecule has 2 fully saturated rings. The largest absolute Gasteiger partial charge is 0.377 e. The monoisotopic (exact) mass is 311 g/mol. The molecule has 5 nitrogen and oxygen atoms in total. The van der Waals surface area contributed by atoms with Crippen molar-refractivity contribution < 1.29 is 4.74 Å². The quantitative estimate of drug-likeness (QED) is 0.895. The number of rotatable bonds is 3.